The summed E-state index contributed by atoms with van der Waals surface area (Å²) in [5.41, 5.74) is 1.65. The van der Waals surface area contributed by atoms with Gasteiger partial charge in [-0.1, -0.05) is 42.5 Å². The van der Waals surface area contributed by atoms with Crippen LogP contribution in [0.2, 0.25) is 0 Å². The van der Waals surface area contributed by atoms with E-state index in [0.717, 1.165) is 17.9 Å². The second-order valence-corrected chi connectivity index (χ2v) is 8.77. The lowest BCUT2D eigenvalue weighted by molar-refractivity contribution is -0.0683. The summed E-state index contributed by atoms with van der Waals surface area (Å²) in [4.78, 5) is 2.44. The largest absolute Gasteiger partial charge is 0.490 e. The fourth-order valence-electron chi connectivity index (χ4n) is 4.77. The van der Waals surface area contributed by atoms with E-state index in [9.17, 15) is 5.11 Å². The molecule has 1 aliphatic carbocycles. The molecule has 4 nitrogen and oxygen atoms in total. The van der Waals surface area contributed by atoms with Crippen molar-refractivity contribution in [2.75, 3.05) is 32.9 Å². The smallest absolute Gasteiger partial charge is 0.134 e. The van der Waals surface area contributed by atoms with Crippen molar-refractivity contribution in [3.05, 3.63) is 65.7 Å². The van der Waals surface area contributed by atoms with Gasteiger partial charge in [0.2, 0.25) is 0 Å². The molecule has 4 rings (SSSR count). The molecule has 2 fully saturated rings. The summed E-state index contributed by atoms with van der Waals surface area (Å²) in [5, 5.41) is 11.2. The molecule has 1 aliphatic heterocycles. The molecule has 2 aliphatic rings. The maximum atomic E-state index is 11.2. The van der Waals surface area contributed by atoms with Crippen molar-refractivity contribution in [1.29, 1.82) is 0 Å². The highest BCUT2D eigenvalue weighted by molar-refractivity contribution is 5.27. The van der Waals surface area contributed by atoms with Gasteiger partial charge in [-0.15, -0.1) is 0 Å². The van der Waals surface area contributed by atoms with Gasteiger partial charge in [0.05, 0.1) is 13.2 Å². The predicted octanol–water partition coefficient (Wildman–Crippen LogP) is 4.16. The zero-order chi connectivity index (χ0) is 20.1. The quantitative estimate of drug-likeness (QED) is 0.825. The molecule has 0 spiro atoms. The minimum atomic E-state index is -0.976. The maximum absolute atomic E-state index is 11.2. The predicted molar refractivity (Wildman–Crippen MR) is 115 cm³/mol. The summed E-state index contributed by atoms with van der Waals surface area (Å²) >= 11 is 0. The standard InChI is InChI=1S/C25H33NO3/c1-20-6-5-9-24(16-20)29-19-25(27)17-26(14-15-28-18-25)23-12-10-22(11-13-23)21-7-3-2-4-8-21/h2-9,16,22-23,27H,10-15,17-19H2,1H3/t22?,23?,25-/m1/s1. The molecule has 2 aromatic carbocycles. The van der Waals surface area contributed by atoms with E-state index in [1.54, 1.807) is 0 Å². The Morgan fingerprint density at radius 3 is 2.62 bits per heavy atom. The van der Waals surface area contributed by atoms with Crippen LogP contribution in [0.1, 0.15) is 42.7 Å². The van der Waals surface area contributed by atoms with Crippen molar-refractivity contribution in [2.24, 2.45) is 0 Å². The fourth-order valence-corrected chi connectivity index (χ4v) is 4.77. The van der Waals surface area contributed by atoms with E-state index < -0.39 is 5.60 Å². The minimum Gasteiger partial charge on any atom is -0.490 e. The molecular weight excluding hydrogens is 362 g/mol. The van der Waals surface area contributed by atoms with Gasteiger partial charge in [-0.3, -0.25) is 4.90 Å². The van der Waals surface area contributed by atoms with Gasteiger partial charge in [0.1, 0.15) is 18.0 Å². The summed E-state index contributed by atoms with van der Waals surface area (Å²) < 4.78 is 11.7. The molecule has 4 heteroatoms. The molecule has 1 saturated heterocycles. The van der Waals surface area contributed by atoms with Crippen LogP contribution in [0.4, 0.5) is 0 Å². The lowest BCUT2D eigenvalue weighted by atomic mass is 9.81. The third-order valence-corrected chi connectivity index (χ3v) is 6.37. The zero-order valence-corrected chi connectivity index (χ0v) is 17.4. The highest BCUT2D eigenvalue weighted by Crippen LogP contribution is 2.35. The summed E-state index contributed by atoms with van der Waals surface area (Å²) in [5.74, 6) is 1.47. The molecule has 1 heterocycles. The van der Waals surface area contributed by atoms with Crippen LogP contribution in [0.3, 0.4) is 0 Å². The topological polar surface area (TPSA) is 41.9 Å². The zero-order valence-electron chi connectivity index (χ0n) is 17.4. The van der Waals surface area contributed by atoms with E-state index in [1.165, 1.54) is 31.2 Å². The molecule has 0 bridgehead atoms. The van der Waals surface area contributed by atoms with Crippen LogP contribution in [-0.4, -0.2) is 54.6 Å². The molecule has 29 heavy (non-hydrogen) atoms. The molecule has 156 valence electrons. The van der Waals surface area contributed by atoms with Crippen molar-refractivity contribution in [3.63, 3.8) is 0 Å². The number of benzene rings is 2. The Morgan fingerprint density at radius 2 is 1.86 bits per heavy atom. The Balaban J connectivity index is 1.34. The van der Waals surface area contributed by atoms with E-state index in [-0.39, 0.29) is 6.61 Å². The molecule has 0 unspecified atom stereocenters. The van der Waals surface area contributed by atoms with Crippen molar-refractivity contribution in [1.82, 2.24) is 4.90 Å². The average molecular weight is 396 g/mol. The molecule has 0 radical (unpaired) electrons. The van der Waals surface area contributed by atoms with Crippen LogP contribution in [0, 0.1) is 6.92 Å². The monoisotopic (exact) mass is 395 g/mol. The van der Waals surface area contributed by atoms with Crippen molar-refractivity contribution in [2.45, 2.75) is 50.2 Å². The number of aliphatic hydroxyl groups is 1. The van der Waals surface area contributed by atoms with Crippen LogP contribution < -0.4 is 4.74 Å². The Morgan fingerprint density at radius 1 is 1.07 bits per heavy atom. The van der Waals surface area contributed by atoms with Gasteiger partial charge in [-0.05, 0) is 61.8 Å². The van der Waals surface area contributed by atoms with Gasteiger partial charge in [-0.2, -0.15) is 0 Å². The molecule has 1 N–H and O–H groups in total. The van der Waals surface area contributed by atoms with Crippen molar-refractivity contribution >= 4 is 0 Å². The number of rotatable bonds is 5. The van der Waals surface area contributed by atoms with E-state index in [2.05, 4.69) is 35.2 Å². The van der Waals surface area contributed by atoms with Gasteiger partial charge in [0.15, 0.2) is 0 Å². The summed E-state index contributed by atoms with van der Waals surface area (Å²) in [7, 11) is 0. The molecule has 1 atom stereocenters. The van der Waals surface area contributed by atoms with E-state index >= 15 is 0 Å². The normalized spacial score (nSPS) is 28.6. The highest BCUT2D eigenvalue weighted by Gasteiger charge is 2.37. The SMILES string of the molecule is Cc1cccc(OC[C@]2(O)COCCN(C3CCC(c4ccccc4)CC3)C2)c1. The molecule has 0 aromatic heterocycles. The third kappa shape index (κ3) is 5.39. The molecule has 1 saturated carbocycles. The first-order valence-electron chi connectivity index (χ1n) is 10.9. The lowest BCUT2D eigenvalue weighted by Gasteiger charge is -2.39. The van der Waals surface area contributed by atoms with E-state index in [1.807, 2.05) is 31.2 Å². The van der Waals surface area contributed by atoms with Gasteiger partial charge in [-0.25, -0.2) is 0 Å². The molecule has 2 aromatic rings. The average Bonchev–Trinajstić information content (AvgIpc) is 2.95. The van der Waals surface area contributed by atoms with Crippen LogP contribution in [0.5, 0.6) is 5.75 Å². The summed E-state index contributed by atoms with van der Waals surface area (Å²) in [6.45, 7) is 4.79. The lowest BCUT2D eigenvalue weighted by Crippen LogP contribution is -2.52. The van der Waals surface area contributed by atoms with Gasteiger partial charge < -0.3 is 14.6 Å². The van der Waals surface area contributed by atoms with Gasteiger partial charge in [0, 0.05) is 19.1 Å². The Labute approximate surface area is 174 Å². The van der Waals surface area contributed by atoms with Crippen LogP contribution >= 0.6 is 0 Å². The van der Waals surface area contributed by atoms with Crippen LogP contribution in [0.15, 0.2) is 54.6 Å². The Hall–Kier alpha value is -1.88. The van der Waals surface area contributed by atoms with Crippen LogP contribution in [-0.2, 0) is 4.74 Å². The number of hydrogen-bond donors (Lipinski definition) is 1. The Kier molecular flexibility index (Phi) is 6.53. The molecule has 0 amide bonds. The Bertz CT molecular complexity index is 773. The molecular formula is C25H33NO3. The van der Waals surface area contributed by atoms with Crippen molar-refractivity contribution in [3.8, 4) is 5.75 Å². The number of hydrogen-bond acceptors (Lipinski definition) is 4. The number of nitrogens with zero attached hydrogens (tertiary/aromatic N) is 1. The first kappa shape index (κ1) is 20.4. The first-order chi connectivity index (χ1) is 14.1. The van der Waals surface area contributed by atoms with Crippen LogP contribution in [0.25, 0.3) is 0 Å². The highest BCUT2D eigenvalue weighted by atomic mass is 16.5. The fraction of sp³-hybridized carbons (Fsp3) is 0.520. The number of ether oxygens (including phenoxy) is 2. The van der Waals surface area contributed by atoms with E-state index in [0.29, 0.717) is 31.7 Å². The van der Waals surface area contributed by atoms with E-state index in [4.69, 9.17) is 9.47 Å². The summed E-state index contributed by atoms with van der Waals surface area (Å²) in [6.07, 6.45) is 4.78. The number of aryl methyl sites for hydroxylation is 1. The first-order valence-corrected chi connectivity index (χ1v) is 10.9. The second-order valence-electron chi connectivity index (χ2n) is 8.77. The number of β-amino-alcohol motifs (C(OH)–C–C–N with tert-alkyl or cyclic N) is 1. The van der Waals surface area contributed by atoms with Gasteiger partial charge in [0.25, 0.3) is 0 Å². The maximum Gasteiger partial charge on any atom is 0.134 e. The van der Waals surface area contributed by atoms with Crippen molar-refractivity contribution < 1.29 is 14.6 Å². The summed E-state index contributed by atoms with van der Waals surface area (Å²) in [6, 6.07) is 19.4. The van der Waals surface area contributed by atoms with Gasteiger partial charge >= 0.3 is 0 Å². The second kappa shape index (κ2) is 9.29. The minimum absolute atomic E-state index is 0.256. The third-order valence-electron chi connectivity index (χ3n) is 6.37.